The number of aliphatic carboxylic acids is 1. The fraction of sp³-hybridized carbons (Fsp3) is 0.357. The van der Waals surface area contributed by atoms with Gasteiger partial charge in [-0.1, -0.05) is 42.0 Å². The normalized spacial score (nSPS) is 13.3. The van der Waals surface area contributed by atoms with E-state index in [4.69, 9.17) is 10.8 Å². The summed E-state index contributed by atoms with van der Waals surface area (Å²) >= 11 is 1.58. The summed E-state index contributed by atoms with van der Waals surface area (Å²) in [6, 6.07) is 9.40. The summed E-state index contributed by atoms with van der Waals surface area (Å²) < 4.78 is 0. The quantitative estimate of drug-likeness (QED) is 0.744. The number of nitrogens with two attached hydrogens (primary N) is 1. The zero-order valence-electron chi connectivity index (χ0n) is 10.5. The van der Waals surface area contributed by atoms with Crippen molar-refractivity contribution in [3.8, 4) is 0 Å². The van der Waals surface area contributed by atoms with Crippen LogP contribution in [0.3, 0.4) is 0 Å². The molecule has 0 bridgehead atoms. The van der Waals surface area contributed by atoms with Crippen molar-refractivity contribution in [3.05, 3.63) is 41.5 Å². The molecule has 1 atom stereocenters. The molecular formula is C14H19NO2S. The first-order valence-corrected chi connectivity index (χ1v) is 7.03. The molecule has 18 heavy (non-hydrogen) atoms. The average Bonchev–Trinajstić information content (AvgIpc) is 2.35. The van der Waals surface area contributed by atoms with Gasteiger partial charge in [-0.3, -0.25) is 4.79 Å². The Kier molecular flexibility index (Phi) is 6.54. The maximum atomic E-state index is 10.5. The molecular weight excluding hydrogens is 246 g/mol. The highest BCUT2D eigenvalue weighted by Crippen LogP contribution is 2.13. The topological polar surface area (TPSA) is 63.3 Å². The zero-order chi connectivity index (χ0) is 13.4. The molecule has 0 saturated heterocycles. The molecule has 1 rings (SSSR count). The highest BCUT2D eigenvalue weighted by atomic mass is 32.2. The Balaban J connectivity index is 2.27. The summed E-state index contributed by atoms with van der Waals surface area (Å²) in [4.78, 5) is 10.5. The van der Waals surface area contributed by atoms with Crippen LogP contribution in [-0.4, -0.2) is 28.6 Å². The van der Waals surface area contributed by atoms with Crippen molar-refractivity contribution in [2.24, 2.45) is 5.73 Å². The van der Waals surface area contributed by atoms with Gasteiger partial charge in [-0.25, -0.2) is 0 Å². The van der Waals surface area contributed by atoms with Crippen molar-refractivity contribution < 1.29 is 9.90 Å². The standard InChI is InChI=1S/C14H19NO2S/c1-11(9-12-5-3-2-4-6-12)7-8-18-10-13(15)14(16)17/h2-6,9,13H,7-8,10,15H2,1H3,(H,16,17)/b11-9-. The van der Waals surface area contributed by atoms with Gasteiger partial charge in [0, 0.05) is 5.75 Å². The monoisotopic (exact) mass is 265 g/mol. The number of allylic oxidation sites excluding steroid dienone is 1. The lowest BCUT2D eigenvalue weighted by Crippen LogP contribution is -2.32. The van der Waals surface area contributed by atoms with Crippen molar-refractivity contribution in [1.82, 2.24) is 0 Å². The van der Waals surface area contributed by atoms with Gasteiger partial charge in [0.05, 0.1) is 0 Å². The molecule has 3 N–H and O–H groups in total. The Labute approximate surface area is 112 Å². The summed E-state index contributed by atoms with van der Waals surface area (Å²) in [7, 11) is 0. The number of carboxylic acid groups (broad SMARTS) is 1. The largest absolute Gasteiger partial charge is 0.480 e. The molecule has 98 valence electrons. The highest BCUT2D eigenvalue weighted by molar-refractivity contribution is 7.99. The minimum Gasteiger partial charge on any atom is -0.480 e. The SMILES string of the molecule is C/C(=C/c1ccccc1)CCSCC(N)C(=O)O. The smallest absolute Gasteiger partial charge is 0.321 e. The molecule has 0 amide bonds. The number of rotatable bonds is 7. The summed E-state index contributed by atoms with van der Waals surface area (Å²) in [5.41, 5.74) is 7.91. The summed E-state index contributed by atoms with van der Waals surface area (Å²) in [5.74, 6) is 0.434. The predicted molar refractivity (Wildman–Crippen MR) is 77.6 cm³/mol. The molecule has 0 heterocycles. The second-order valence-electron chi connectivity index (χ2n) is 4.17. The molecule has 0 spiro atoms. The highest BCUT2D eigenvalue weighted by Gasteiger charge is 2.10. The van der Waals surface area contributed by atoms with Crippen LogP contribution >= 0.6 is 11.8 Å². The third-order valence-corrected chi connectivity index (χ3v) is 3.56. The van der Waals surface area contributed by atoms with Crippen LogP contribution in [0.25, 0.3) is 6.08 Å². The lowest BCUT2D eigenvalue weighted by atomic mass is 10.1. The van der Waals surface area contributed by atoms with Gasteiger partial charge in [0.25, 0.3) is 0 Å². The third-order valence-electron chi connectivity index (χ3n) is 2.47. The van der Waals surface area contributed by atoms with E-state index in [1.165, 1.54) is 11.1 Å². The number of thioether (sulfide) groups is 1. The molecule has 1 aromatic rings. The fourth-order valence-electron chi connectivity index (χ4n) is 1.42. The Morgan fingerprint density at radius 3 is 2.72 bits per heavy atom. The van der Waals surface area contributed by atoms with Crippen LogP contribution in [0.5, 0.6) is 0 Å². The van der Waals surface area contributed by atoms with Crippen LogP contribution in [0.1, 0.15) is 18.9 Å². The van der Waals surface area contributed by atoms with E-state index in [1.54, 1.807) is 11.8 Å². The van der Waals surface area contributed by atoms with Gasteiger partial charge >= 0.3 is 5.97 Å². The summed E-state index contributed by atoms with van der Waals surface area (Å²) in [6.45, 7) is 2.09. The van der Waals surface area contributed by atoms with Crippen molar-refractivity contribution in [1.29, 1.82) is 0 Å². The number of carbonyl (C=O) groups is 1. The minimum atomic E-state index is -0.931. The molecule has 0 aliphatic rings. The van der Waals surface area contributed by atoms with E-state index in [9.17, 15) is 4.79 Å². The molecule has 1 unspecified atom stereocenters. The first kappa shape index (κ1) is 14.8. The first-order valence-electron chi connectivity index (χ1n) is 5.88. The van der Waals surface area contributed by atoms with Crippen molar-refractivity contribution in [3.63, 3.8) is 0 Å². The van der Waals surface area contributed by atoms with Crippen LogP contribution in [0.2, 0.25) is 0 Å². The third kappa shape index (κ3) is 5.89. The van der Waals surface area contributed by atoms with E-state index in [0.717, 1.165) is 12.2 Å². The van der Waals surface area contributed by atoms with Crippen molar-refractivity contribution in [2.45, 2.75) is 19.4 Å². The van der Waals surface area contributed by atoms with Gasteiger partial charge in [0.2, 0.25) is 0 Å². The Morgan fingerprint density at radius 1 is 1.44 bits per heavy atom. The lowest BCUT2D eigenvalue weighted by Gasteiger charge is -2.06. The van der Waals surface area contributed by atoms with Gasteiger partial charge in [-0.05, 0) is 24.7 Å². The van der Waals surface area contributed by atoms with Crippen LogP contribution in [0, 0.1) is 0 Å². The molecule has 0 aliphatic heterocycles. The Morgan fingerprint density at radius 2 is 2.11 bits per heavy atom. The Bertz CT molecular complexity index is 404. The fourth-order valence-corrected chi connectivity index (χ4v) is 2.45. The maximum absolute atomic E-state index is 10.5. The molecule has 1 aromatic carbocycles. The summed E-state index contributed by atoms with van der Waals surface area (Å²) in [5, 5.41) is 8.64. The van der Waals surface area contributed by atoms with Gasteiger partial charge < -0.3 is 10.8 Å². The van der Waals surface area contributed by atoms with Crippen LogP contribution < -0.4 is 5.73 Å². The van der Waals surface area contributed by atoms with Gasteiger partial charge in [0.15, 0.2) is 0 Å². The molecule has 3 nitrogen and oxygen atoms in total. The van der Waals surface area contributed by atoms with Crippen molar-refractivity contribution in [2.75, 3.05) is 11.5 Å². The van der Waals surface area contributed by atoms with E-state index in [-0.39, 0.29) is 0 Å². The van der Waals surface area contributed by atoms with Gasteiger partial charge in [-0.15, -0.1) is 0 Å². The molecule has 0 aliphatic carbocycles. The molecule has 0 fully saturated rings. The molecule has 0 aromatic heterocycles. The minimum absolute atomic E-state index is 0.466. The van der Waals surface area contributed by atoms with Crippen LogP contribution in [0.15, 0.2) is 35.9 Å². The van der Waals surface area contributed by atoms with E-state index in [0.29, 0.717) is 5.75 Å². The number of benzene rings is 1. The zero-order valence-corrected chi connectivity index (χ0v) is 11.3. The lowest BCUT2D eigenvalue weighted by molar-refractivity contribution is -0.137. The molecule has 0 saturated carbocycles. The van der Waals surface area contributed by atoms with Crippen LogP contribution in [-0.2, 0) is 4.79 Å². The maximum Gasteiger partial charge on any atom is 0.321 e. The molecule has 0 radical (unpaired) electrons. The van der Waals surface area contributed by atoms with E-state index < -0.39 is 12.0 Å². The van der Waals surface area contributed by atoms with E-state index >= 15 is 0 Å². The van der Waals surface area contributed by atoms with Crippen molar-refractivity contribution >= 4 is 23.8 Å². The number of hydrogen-bond donors (Lipinski definition) is 2. The van der Waals surface area contributed by atoms with E-state index in [2.05, 4.69) is 25.1 Å². The Hall–Kier alpha value is -1.26. The first-order chi connectivity index (χ1) is 8.59. The predicted octanol–water partition coefficient (Wildman–Crippen LogP) is 2.63. The second-order valence-corrected chi connectivity index (χ2v) is 5.32. The summed E-state index contributed by atoms with van der Waals surface area (Å²) in [6.07, 6.45) is 3.10. The average molecular weight is 265 g/mol. The van der Waals surface area contributed by atoms with Gasteiger partial charge in [0.1, 0.15) is 6.04 Å². The van der Waals surface area contributed by atoms with Crippen LogP contribution in [0.4, 0.5) is 0 Å². The molecule has 4 heteroatoms. The number of hydrogen-bond acceptors (Lipinski definition) is 3. The number of carboxylic acids is 1. The van der Waals surface area contributed by atoms with Gasteiger partial charge in [-0.2, -0.15) is 11.8 Å². The second kappa shape index (κ2) is 7.95. The van der Waals surface area contributed by atoms with E-state index in [1.807, 2.05) is 18.2 Å².